The number of carbonyl (C=O) groups excluding carboxylic acids is 1. The second-order valence-corrected chi connectivity index (χ2v) is 4.05. The fourth-order valence-electron chi connectivity index (χ4n) is 1.73. The molecule has 2 rings (SSSR count). The zero-order valence-electron chi connectivity index (χ0n) is 9.54. The molecule has 1 aliphatic rings. The van der Waals surface area contributed by atoms with Gasteiger partial charge in [0.1, 0.15) is 0 Å². The standard InChI is InChI=1S/C12H16N2O.ClH/c1-8-4-3-5-9(2)11(8)14-12(15)10-6-7-13-10;/h3-5,10,13H,6-7H2,1-2H3,(H,14,15);1H/t10-;/m1./s1. The van der Waals surface area contributed by atoms with E-state index in [2.05, 4.69) is 10.6 Å². The fourth-order valence-corrected chi connectivity index (χ4v) is 1.73. The number of rotatable bonds is 2. The van der Waals surface area contributed by atoms with Crippen LogP contribution in [-0.2, 0) is 4.79 Å². The molecule has 0 unspecified atom stereocenters. The van der Waals surface area contributed by atoms with E-state index >= 15 is 0 Å². The van der Waals surface area contributed by atoms with Gasteiger partial charge in [0.05, 0.1) is 6.04 Å². The number of halogens is 1. The number of carbonyl (C=O) groups is 1. The Morgan fingerprint density at radius 3 is 2.38 bits per heavy atom. The van der Waals surface area contributed by atoms with Crippen LogP contribution in [0, 0.1) is 13.8 Å². The van der Waals surface area contributed by atoms with Gasteiger partial charge in [0.25, 0.3) is 0 Å². The first-order valence-corrected chi connectivity index (χ1v) is 5.29. The van der Waals surface area contributed by atoms with Crippen molar-refractivity contribution in [1.29, 1.82) is 0 Å². The molecular weight excluding hydrogens is 224 g/mol. The van der Waals surface area contributed by atoms with Gasteiger partial charge in [-0.15, -0.1) is 12.4 Å². The van der Waals surface area contributed by atoms with Gasteiger partial charge in [-0.2, -0.15) is 0 Å². The third-order valence-electron chi connectivity index (χ3n) is 2.87. The van der Waals surface area contributed by atoms with Crippen LogP contribution in [0.4, 0.5) is 5.69 Å². The quantitative estimate of drug-likeness (QED) is 0.831. The highest BCUT2D eigenvalue weighted by molar-refractivity contribution is 5.96. The Balaban J connectivity index is 0.00000128. The maximum atomic E-state index is 11.7. The molecular formula is C12H17ClN2O. The first kappa shape index (κ1) is 13.0. The van der Waals surface area contributed by atoms with Gasteiger partial charge in [-0.05, 0) is 37.9 Å². The van der Waals surface area contributed by atoms with Gasteiger partial charge in [-0.1, -0.05) is 18.2 Å². The minimum absolute atomic E-state index is 0. The first-order chi connectivity index (χ1) is 7.18. The van der Waals surface area contributed by atoms with Gasteiger partial charge in [-0.25, -0.2) is 0 Å². The summed E-state index contributed by atoms with van der Waals surface area (Å²) < 4.78 is 0. The van der Waals surface area contributed by atoms with Crippen molar-refractivity contribution in [3.05, 3.63) is 29.3 Å². The van der Waals surface area contributed by atoms with Gasteiger partial charge < -0.3 is 10.6 Å². The van der Waals surface area contributed by atoms with Crippen LogP contribution in [0.2, 0.25) is 0 Å². The Kier molecular flexibility index (Phi) is 4.33. The van der Waals surface area contributed by atoms with Crippen LogP contribution in [0.1, 0.15) is 17.5 Å². The molecule has 3 nitrogen and oxygen atoms in total. The number of hydrogen-bond donors (Lipinski definition) is 2. The highest BCUT2D eigenvalue weighted by atomic mass is 35.5. The van der Waals surface area contributed by atoms with Gasteiger partial charge in [0.15, 0.2) is 0 Å². The van der Waals surface area contributed by atoms with Gasteiger partial charge >= 0.3 is 0 Å². The summed E-state index contributed by atoms with van der Waals surface area (Å²) in [7, 11) is 0. The van der Waals surface area contributed by atoms with Crippen LogP contribution in [0.3, 0.4) is 0 Å². The van der Waals surface area contributed by atoms with E-state index in [-0.39, 0.29) is 24.4 Å². The molecule has 0 aromatic heterocycles. The Morgan fingerprint density at radius 1 is 1.38 bits per heavy atom. The summed E-state index contributed by atoms with van der Waals surface area (Å²) in [5, 5.41) is 6.07. The summed E-state index contributed by atoms with van der Waals surface area (Å²) in [5.74, 6) is 0.0821. The zero-order chi connectivity index (χ0) is 10.8. The van der Waals surface area contributed by atoms with Crippen molar-refractivity contribution in [3.63, 3.8) is 0 Å². The second-order valence-electron chi connectivity index (χ2n) is 4.05. The minimum atomic E-state index is 0. The van der Waals surface area contributed by atoms with E-state index in [9.17, 15) is 4.79 Å². The van der Waals surface area contributed by atoms with Crippen LogP contribution in [-0.4, -0.2) is 18.5 Å². The van der Waals surface area contributed by atoms with E-state index in [1.165, 1.54) is 0 Å². The molecule has 88 valence electrons. The summed E-state index contributed by atoms with van der Waals surface area (Å²) in [6.45, 7) is 4.97. The molecule has 1 saturated heterocycles. The lowest BCUT2D eigenvalue weighted by molar-refractivity contribution is -0.119. The Bertz CT molecular complexity index is 368. The average Bonchev–Trinajstić information content (AvgIpc) is 2.08. The second kappa shape index (κ2) is 5.32. The molecule has 0 aliphatic carbocycles. The Labute approximate surface area is 102 Å². The van der Waals surface area contributed by atoms with Crippen molar-refractivity contribution >= 4 is 24.0 Å². The first-order valence-electron chi connectivity index (χ1n) is 5.29. The SMILES string of the molecule is Cc1cccc(C)c1NC(=O)[C@H]1CCN1.Cl. The van der Waals surface area contributed by atoms with E-state index in [0.29, 0.717) is 0 Å². The van der Waals surface area contributed by atoms with Crippen molar-refractivity contribution in [2.75, 3.05) is 11.9 Å². The summed E-state index contributed by atoms with van der Waals surface area (Å²) in [5.41, 5.74) is 3.18. The number of aryl methyl sites for hydroxylation is 2. The third kappa shape index (κ3) is 2.54. The highest BCUT2D eigenvalue weighted by Crippen LogP contribution is 2.20. The number of amides is 1. The van der Waals surface area contributed by atoms with E-state index in [1.807, 2.05) is 32.0 Å². The molecule has 1 amide bonds. The number of hydrogen-bond acceptors (Lipinski definition) is 2. The average molecular weight is 241 g/mol. The lowest BCUT2D eigenvalue weighted by Crippen LogP contribution is -2.50. The number of benzene rings is 1. The predicted octanol–water partition coefficient (Wildman–Crippen LogP) is 2.03. The molecule has 1 fully saturated rings. The topological polar surface area (TPSA) is 41.1 Å². The normalized spacial score (nSPS) is 18.2. The molecule has 0 bridgehead atoms. The monoisotopic (exact) mass is 240 g/mol. The van der Waals surface area contributed by atoms with Crippen molar-refractivity contribution in [2.45, 2.75) is 26.3 Å². The minimum Gasteiger partial charge on any atom is -0.324 e. The van der Waals surface area contributed by atoms with Crippen molar-refractivity contribution in [3.8, 4) is 0 Å². The van der Waals surface area contributed by atoms with Gasteiger partial charge in [0.2, 0.25) is 5.91 Å². The number of para-hydroxylation sites is 1. The van der Waals surface area contributed by atoms with Crippen molar-refractivity contribution in [1.82, 2.24) is 5.32 Å². The van der Waals surface area contributed by atoms with E-state index in [4.69, 9.17) is 0 Å². The lowest BCUT2D eigenvalue weighted by atomic mass is 10.1. The summed E-state index contributed by atoms with van der Waals surface area (Å²) in [6.07, 6.45) is 0.941. The lowest BCUT2D eigenvalue weighted by Gasteiger charge is -2.26. The van der Waals surface area contributed by atoms with Gasteiger partial charge in [-0.3, -0.25) is 4.79 Å². The molecule has 0 saturated carbocycles. The molecule has 1 aliphatic heterocycles. The molecule has 0 spiro atoms. The highest BCUT2D eigenvalue weighted by Gasteiger charge is 2.24. The maximum Gasteiger partial charge on any atom is 0.241 e. The molecule has 1 aromatic carbocycles. The van der Waals surface area contributed by atoms with E-state index in [0.717, 1.165) is 29.8 Å². The third-order valence-corrected chi connectivity index (χ3v) is 2.87. The molecule has 1 heterocycles. The van der Waals surface area contributed by atoms with Crippen LogP contribution in [0.5, 0.6) is 0 Å². The van der Waals surface area contributed by atoms with Crippen molar-refractivity contribution in [2.24, 2.45) is 0 Å². The molecule has 16 heavy (non-hydrogen) atoms. The predicted molar refractivity (Wildman–Crippen MR) is 68.2 cm³/mol. The summed E-state index contributed by atoms with van der Waals surface area (Å²) >= 11 is 0. The van der Waals surface area contributed by atoms with Crippen LogP contribution in [0.15, 0.2) is 18.2 Å². The van der Waals surface area contributed by atoms with Crippen LogP contribution in [0.25, 0.3) is 0 Å². The van der Waals surface area contributed by atoms with Crippen molar-refractivity contribution < 1.29 is 4.79 Å². The molecule has 0 radical (unpaired) electrons. The summed E-state index contributed by atoms with van der Waals surface area (Å²) in [6, 6.07) is 6.03. The Morgan fingerprint density at radius 2 is 1.94 bits per heavy atom. The summed E-state index contributed by atoms with van der Waals surface area (Å²) in [4.78, 5) is 11.7. The molecule has 4 heteroatoms. The van der Waals surface area contributed by atoms with Gasteiger partial charge in [0, 0.05) is 5.69 Å². The smallest absolute Gasteiger partial charge is 0.241 e. The van der Waals surface area contributed by atoms with Crippen LogP contribution < -0.4 is 10.6 Å². The maximum absolute atomic E-state index is 11.7. The fraction of sp³-hybridized carbons (Fsp3) is 0.417. The molecule has 1 aromatic rings. The largest absolute Gasteiger partial charge is 0.324 e. The number of nitrogens with one attached hydrogen (secondary N) is 2. The number of anilines is 1. The van der Waals surface area contributed by atoms with E-state index in [1.54, 1.807) is 0 Å². The molecule has 2 N–H and O–H groups in total. The van der Waals surface area contributed by atoms with E-state index < -0.39 is 0 Å². The zero-order valence-corrected chi connectivity index (χ0v) is 10.4. The molecule has 1 atom stereocenters. The van der Waals surface area contributed by atoms with Crippen LogP contribution >= 0.6 is 12.4 Å². The Hall–Kier alpha value is -1.06.